The summed E-state index contributed by atoms with van der Waals surface area (Å²) in [6.45, 7) is 2.17. The van der Waals surface area contributed by atoms with E-state index in [2.05, 4.69) is 5.32 Å². The molecule has 0 amide bonds. The maximum absolute atomic E-state index is 10.8. The van der Waals surface area contributed by atoms with E-state index < -0.39 is 11.6 Å². The number of hydrogen-bond donors (Lipinski definition) is 3. The molecule has 0 aromatic heterocycles. The van der Waals surface area contributed by atoms with Crippen molar-refractivity contribution in [2.24, 2.45) is 5.92 Å². The molecule has 0 spiro atoms. The second-order valence-electron chi connectivity index (χ2n) is 5.60. The van der Waals surface area contributed by atoms with Gasteiger partial charge < -0.3 is 20.3 Å². The fraction of sp³-hybridized carbons (Fsp3) is 0.923. The second kappa shape index (κ2) is 5.99. The van der Waals surface area contributed by atoms with Crippen LogP contribution in [0.15, 0.2) is 0 Å². The van der Waals surface area contributed by atoms with Crippen molar-refractivity contribution in [3.63, 3.8) is 0 Å². The van der Waals surface area contributed by atoms with Gasteiger partial charge in [0.2, 0.25) is 0 Å². The topological polar surface area (TPSA) is 78.8 Å². The molecule has 5 heteroatoms. The van der Waals surface area contributed by atoms with Crippen LogP contribution in [0.5, 0.6) is 0 Å². The highest BCUT2D eigenvalue weighted by Gasteiger charge is 2.35. The van der Waals surface area contributed by atoms with Crippen molar-refractivity contribution < 1.29 is 19.7 Å². The lowest BCUT2D eigenvalue weighted by atomic mass is 9.79. The first kappa shape index (κ1) is 13.8. The van der Waals surface area contributed by atoms with Gasteiger partial charge in [-0.05, 0) is 38.5 Å². The summed E-state index contributed by atoms with van der Waals surface area (Å²) in [6.07, 6.45) is 4.79. The van der Waals surface area contributed by atoms with Crippen LogP contribution in [0.2, 0.25) is 0 Å². The van der Waals surface area contributed by atoms with Crippen molar-refractivity contribution in [1.82, 2.24) is 5.32 Å². The van der Waals surface area contributed by atoms with Gasteiger partial charge in [0.05, 0.1) is 17.6 Å². The highest BCUT2D eigenvalue weighted by atomic mass is 16.5. The molecule has 2 fully saturated rings. The molecular formula is C13H23NO4. The lowest BCUT2D eigenvalue weighted by Crippen LogP contribution is -2.46. The Balaban J connectivity index is 1.67. The van der Waals surface area contributed by atoms with E-state index in [1.54, 1.807) is 0 Å². The summed E-state index contributed by atoms with van der Waals surface area (Å²) >= 11 is 0. The normalized spacial score (nSPS) is 36.7. The number of hydrogen-bond acceptors (Lipinski definition) is 4. The van der Waals surface area contributed by atoms with Crippen LogP contribution in [-0.2, 0) is 9.53 Å². The van der Waals surface area contributed by atoms with Crippen LogP contribution in [-0.4, -0.2) is 47.6 Å². The molecule has 1 atom stereocenters. The predicted molar refractivity (Wildman–Crippen MR) is 66.4 cm³/mol. The van der Waals surface area contributed by atoms with Crippen LogP contribution in [0.3, 0.4) is 0 Å². The third kappa shape index (κ3) is 3.67. The molecule has 2 aliphatic rings. The SMILES string of the molecule is O=C(O)C1CCC(O)(CNCC2CCCO2)CC1. The third-order valence-corrected chi connectivity index (χ3v) is 4.12. The average Bonchev–Trinajstić information content (AvgIpc) is 2.82. The average molecular weight is 257 g/mol. The van der Waals surface area contributed by atoms with Gasteiger partial charge >= 0.3 is 5.97 Å². The Hall–Kier alpha value is -0.650. The van der Waals surface area contributed by atoms with Crippen LogP contribution in [0, 0.1) is 5.92 Å². The van der Waals surface area contributed by atoms with Crippen LogP contribution >= 0.6 is 0 Å². The minimum Gasteiger partial charge on any atom is -0.481 e. The van der Waals surface area contributed by atoms with Crippen molar-refractivity contribution in [2.75, 3.05) is 19.7 Å². The van der Waals surface area contributed by atoms with E-state index in [0.717, 1.165) is 26.0 Å². The number of aliphatic hydroxyl groups is 1. The number of rotatable bonds is 5. The first-order valence-electron chi connectivity index (χ1n) is 6.87. The number of carboxylic acid groups (broad SMARTS) is 1. The first-order chi connectivity index (χ1) is 8.59. The highest BCUT2D eigenvalue weighted by Crippen LogP contribution is 2.31. The largest absolute Gasteiger partial charge is 0.481 e. The van der Waals surface area contributed by atoms with Gasteiger partial charge in [0.25, 0.3) is 0 Å². The van der Waals surface area contributed by atoms with Crippen LogP contribution < -0.4 is 5.32 Å². The molecule has 0 radical (unpaired) electrons. The summed E-state index contributed by atoms with van der Waals surface area (Å²) in [4.78, 5) is 10.8. The van der Waals surface area contributed by atoms with E-state index >= 15 is 0 Å². The quantitative estimate of drug-likeness (QED) is 0.677. The Morgan fingerprint density at radius 3 is 2.61 bits per heavy atom. The van der Waals surface area contributed by atoms with Gasteiger partial charge in [0.1, 0.15) is 0 Å². The third-order valence-electron chi connectivity index (χ3n) is 4.12. The molecule has 1 saturated heterocycles. The van der Waals surface area contributed by atoms with E-state index in [4.69, 9.17) is 9.84 Å². The Morgan fingerprint density at radius 1 is 1.33 bits per heavy atom. The molecule has 18 heavy (non-hydrogen) atoms. The number of carbonyl (C=O) groups is 1. The Bertz CT molecular complexity index is 281. The summed E-state index contributed by atoms with van der Waals surface area (Å²) in [5, 5.41) is 22.5. The summed E-state index contributed by atoms with van der Waals surface area (Å²) < 4.78 is 5.50. The van der Waals surface area contributed by atoms with Crippen LogP contribution in [0.4, 0.5) is 0 Å². The first-order valence-corrected chi connectivity index (χ1v) is 6.87. The molecule has 1 saturated carbocycles. The Kier molecular flexibility index (Phi) is 4.59. The molecule has 2 rings (SSSR count). The lowest BCUT2D eigenvalue weighted by molar-refractivity contribution is -0.144. The van der Waals surface area contributed by atoms with Crippen LogP contribution in [0.25, 0.3) is 0 Å². The zero-order chi connectivity index (χ0) is 13.0. The Labute approximate surface area is 108 Å². The fourth-order valence-electron chi connectivity index (χ4n) is 2.85. The van der Waals surface area contributed by atoms with Crippen molar-refractivity contribution in [3.05, 3.63) is 0 Å². The van der Waals surface area contributed by atoms with Gasteiger partial charge in [0, 0.05) is 19.7 Å². The van der Waals surface area contributed by atoms with E-state index in [0.29, 0.717) is 32.2 Å². The van der Waals surface area contributed by atoms with Crippen molar-refractivity contribution in [2.45, 2.75) is 50.2 Å². The number of nitrogens with one attached hydrogen (secondary N) is 1. The molecule has 3 N–H and O–H groups in total. The molecule has 0 bridgehead atoms. The minimum absolute atomic E-state index is 0.275. The number of carboxylic acids is 1. The molecule has 1 aliphatic heterocycles. The van der Waals surface area contributed by atoms with Crippen molar-refractivity contribution in [1.29, 1.82) is 0 Å². The highest BCUT2D eigenvalue weighted by molar-refractivity contribution is 5.70. The van der Waals surface area contributed by atoms with Gasteiger partial charge in [-0.1, -0.05) is 0 Å². The van der Waals surface area contributed by atoms with Gasteiger partial charge in [0.15, 0.2) is 0 Å². The van der Waals surface area contributed by atoms with E-state index in [1.165, 1.54) is 0 Å². The molecule has 5 nitrogen and oxygen atoms in total. The maximum Gasteiger partial charge on any atom is 0.306 e. The van der Waals surface area contributed by atoms with Crippen molar-refractivity contribution >= 4 is 5.97 Å². The van der Waals surface area contributed by atoms with Gasteiger partial charge in [-0.15, -0.1) is 0 Å². The number of ether oxygens (including phenoxy) is 1. The standard InChI is InChI=1S/C13H23NO4/c15-12(16)10-3-5-13(17,6-4-10)9-14-8-11-2-1-7-18-11/h10-11,14,17H,1-9H2,(H,15,16). The maximum atomic E-state index is 10.8. The summed E-state index contributed by atoms with van der Waals surface area (Å²) in [5.41, 5.74) is -0.732. The molecular weight excluding hydrogens is 234 g/mol. The van der Waals surface area contributed by atoms with E-state index in [-0.39, 0.29) is 12.0 Å². The number of aliphatic carboxylic acids is 1. The van der Waals surface area contributed by atoms with Crippen LogP contribution in [0.1, 0.15) is 38.5 Å². The molecule has 1 heterocycles. The minimum atomic E-state index is -0.732. The molecule has 1 unspecified atom stereocenters. The smallest absolute Gasteiger partial charge is 0.306 e. The molecule has 104 valence electrons. The van der Waals surface area contributed by atoms with E-state index in [9.17, 15) is 9.90 Å². The molecule has 0 aromatic carbocycles. The molecule has 0 aromatic rings. The zero-order valence-electron chi connectivity index (χ0n) is 10.7. The summed E-state index contributed by atoms with van der Waals surface area (Å²) in [6, 6.07) is 0. The van der Waals surface area contributed by atoms with Gasteiger partial charge in [-0.25, -0.2) is 0 Å². The predicted octanol–water partition coefficient (Wildman–Crippen LogP) is 0.761. The summed E-state index contributed by atoms with van der Waals surface area (Å²) in [7, 11) is 0. The summed E-state index contributed by atoms with van der Waals surface area (Å²) in [5.74, 6) is -1.01. The fourth-order valence-corrected chi connectivity index (χ4v) is 2.85. The zero-order valence-corrected chi connectivity index (χ0v) is 10.7. The van der Waals surface area contributed by atoms with Gasteiger partial charge in [-0.3, -0.25) is 4.79 Å². The second-order valence-corrected chi connectivity index (χ2v) is 5.60. The van der Waals surface area contributed by atoms with Crippen molar-refractivity contribution in [3.8, 4) is 0 Å². The van der Waals surface area contributed by atoms with Gasteiger partial charge in [-0.2, -0.15) is 0 Å². The Morgan fingerprint density at radius 2 is 2.06 bits per heavy atom. The lowest BCUT2D eigenvalue weighted by Gasteiger charge is -2.35. The van der Waals surface area contributed by atoms with E-state index in [1.807, 2.05) is 0 Å². The molecule has 1 aliphatic carbocycles. The monoisotopic (exact) mass is 257 g/mol.